The van der Waals surface area contributed by atoms with E-state index in [0.717, 1.165) is 0 Å². The molecule has 0 saturated heterocycles. The fourth-order valence-electron chi connectivity index (χ4n) is 0.566. The lowest BCUT2D eigenvalue weighted by Crippen LogP contribution is -2.02. The molecule has 0 bridgehead atoms. The van der Waals surface area contributed by atoms with Crippen LogP contribution < -0.4 is 0 Å². The summed E-state index contributed by atoms with van der Waals surface area (Å²) in [5.41, 5.74) is 0.329. The van der Waals surface area contributed by atoms with Gasteiger partial charge in [-0.15, -0.1) is 0 Å². The van der Waals surface area contributed by atoms with Gasteiger partial charge >= 0.3 is 0 Å². The largest absolute Gasteiger partial charge is 0.237 e. The molecular formula is C6H3Cl4N. The minimum absolute atomic E-state index is 0.314. The number of aromatic nitrogens is 1. The molecule has 1 aromatic heterocycles. The van der Waals surface area contributed by atoms with E-state index in [9.17, 15) is 0 Å². The van der Waals surface area contributed by atoms with E-state index in [1.54, 1.807) is 18.2 Å². The fourth-order valence-corrected chi connectivity index (χ4v) is 1.05. The lowest BCUT2D eigenvalue weighted by molar-refractivity contribution is 1.09. The zero-order valence-corrected chi connectivity index (χ0v) is 8.21. The molecule has 0 unspecified atom stereocenters. The van der Waals surface area contributed by atoms with Crippen LogP contribution in [0.25, 0.3) is 0 Å². The van der Waals surface area contributed by atoms with E-state index < -0.39 is 3.79 Å². The number of nitrogens with zero attached hydrogens (tertiary/aromatic N) is 1. The Morgan fingerprint density at radius 2 is 1.82 bits per heavy atom. The predicted octanol–water partition coefficient (Wildman–Crippen LogP) is 3.56. The van der Waals surface area contributed by atoms with Crippen LogP contribution in [0, 0.1) is 0 Å². The average molecular weight is 231 g/mol. The van der Waals surface area contributed by atoms with Crippen molar-refractivity contribution in [1.82, 2.24) is 4.98 Å². The number of rotatable bonds is 0. The second kappa shape index (κ2) is 3.36. The van der Waals surface area contributed by atoms with Crippen LogP contribution in [0.1, 0.15) is 5.69 Å². The third-order valence-electron chi connectivity index (χ3n) is 1.01. The first kappa shape index (κ1) is 9.40. The summed E-state index contributed by atoms with van der Waals surface area (Å²) in [5.74, 6) is 0. The average Bonchev–Trinajstić information content (AvgIpc) is 1.86. The van der Waals surface area contributed by atoms with E-state index in [-0.39, 0.29) is 0 Å². The van der Waals surface area contributed by atoms with Gasteiger partial charge in [-0.3, -0.25) is 0 Å². The molecule has 0 saturated carbocycles. The molecular weight excluding hydrogens is 228 g/mol. The molecule has 0 atom stereocenters. The summed E-state index contributed by atoms with van der Waals surface area (Å²) >= 11 is 22.2. The highest BCUT2D eigenvalue weighted by Gasteiger charge is 2.24. The summed E-state index contributed by atoms with van der Waals surface area (Å²) < 4.78 is -1.50. The Bertz CT molecular complexity index is 255. The van der Waals surface area contributed by atoms with Gasteiger partial charge in [0.25, 0.3) is 0 Å². The molecule has 11 heavy (non-hydrogen) atoms. The van der Waals surface area contributed by atoms with Crippen LogP contribution in [-0.2, 0) is 3.79 Å². The van der Waals surface area contributed by atoms with Crippen molar-refractivity contribution < 1.29 is 0 Å². The zero-order valence-electron chi connectivity index (χ0n) is 5.19. The predicted molar refractivity (Wildman–Crippen MR) is 48.5 cm³/mol. The molecule has 0 aliphatic heterocycles. The standard InChI is InChI=1S/C6H3Cl4N/c7-5-3-1-2-4(11-5)6(8,9)10/h1-3H. The number of halogens is 4. The van der Waals surface area contributed by atoms with Crippen LogP contribution in [0.5, 0.6) is 0 Å². The highest BCUT2D eigenvalue weighted by molar-refractivity contribution is 6.66. The lowest BCUT2D eigenvalue weighted by Gasteiger charge is -2.08. The number of hydrogen-bond donors (Lipinski definition) is 0. The molecule has 0 amide bonds. The molecule has 0 aliphatic carbocycles. The number of pyridine rings is 1. The third-order valence-corrected chi connectivity index (χ3v) is 1.80. The van der Waals surface area contributed by atoms with Crippen LogP contribution >= 0.6 is 46.4 Å². The van der Waals surface area contributed by atoms with E-state index >= 15 is 0 Å². The monoisotopic (exact) mass is 229 g/mol. The summed E-state index contributed by atoms with van der Waals surface area (Å²) in [7, 11) is 0. The summed E-state index contributed by atoms with van der Waals surface area (Å²) in [6, 6.07) is 4.88. The van der Waals surface area contributed by atoms with Crippen LogP contribution in [-0.4, -0.2) is 4.98 Å². The molecule has 5 heteroatoms. The van der Waals surface area contributed by atoms with Crippen LogP contribution in [0.3, 0.4) is 0 Å². The van der Waals surface area contributed by atoms with Crippen molar-refractivity contribution in [2.45, 2.75) is 3.79 Å². The summed E-state index contributed by atoms with van der Waals surface area (Å²) in [5, 5.41) is 0.314. The van der Waals surface area contributed by atoms with Crippen LogP contribution in [0.4, 0.5) is 0 Å². The maximum Gasteiger partial charge on any atom is 0.232 e. The smallest absolute Gasteiger partial charge is 0.232 e. The van der Waals surface area contributed by atoms with E-state index in [1.165, 1.54) is 0 Å². The molecule has 0 N–H and O–H groups in total. The quantitative estimate of drug-likeness (QED) is 0.491. The van der Waals surface area contributed by atoms with E-state index in [0.29, 0.717) is 10.8 Å². The van der Waals surface area contributed by atoms with Crippen molar-refractivity contribution in [2.24, 2.45) is 0 Å². The van der Waals surface area contributed by atoms with Gasteiger partial charge in [0.15, 0.2) is 0 Å². The van der Waals surface area contributed by atoms with Gasteiger partial charge in [0.1, 0.15) is 5.15 Å². The van der Waals surface area contributed by atoms with Gasteiger partial charge < -0.3 is 0 Å². The van der Waals surface area contributed by atoms with Gasteiger partial charge in [0, 0.05) is 0 Å². The van der Waals surface area contributed by atoms with Crippen molar-refractivity contribution in [2.75, 3.05) is 0 Å². The molecule has 60 valence electrons. The summed E-state index contributed by atoms with van der Waals surface area (Å²) in [4.78, 5) is 3.81. The molecule has 0 aromatic carbocycles. The van der Waals surface area contributed by atoms with Gasteiger partial charge in [0.05, 0.1) is 5.69 Å². The van der Waals surface area contributed by atoms with E-state index in [1.807, 2.05) is 0 Å². The highest BCUT2D eigenvalue weighted by Crippen LogP contribution is 2.36. The third kappa shape index (κ3) is 2.68. The van der Waals surface area contributed by atoms with E-state index in [2.05, 4.69) is 4.98 Å². The molecule has 1 nitrogen and oxygen atoms in total. The van der Waals surface area contributed by atoms with Crippen molar-refractivity contribution >= 4 is 46.4 Å². The topological polar surface area (TPSA) is 12.9 Å². The Morgan fingerprint density at radius 3 is 2.18 bits per heavy atom. The number of hydrogen-bond acceptors (Lipinski definition) is 1. The molecule has 0 radical (unpaired) electrons. The number of alkyl halides is 3. The van der Waals surface area contributed by atoms with Gasteiger partial charge in [-0.2, -0.15) is 0 Å². The first-order chi connectivity index (χ1) is 5.00. The van der Waals surface area contributed by atoms with E-state index in [4.69, 9.17) is 46.4 Å². The minimum Gasteiger partial charge on any atom is -0.237 e. The van der Waals surface area contributed by atoms with Crippen LogP contribution in [0.15, 0.2) is 18.2 Å². The van der Waals surface area contributed by atoms with Gasteiger partial charge in [0.2, 0.25) is 3.79 Å². The maximum absolute atomic E-state index is 5.56. The fraction of sp³-hybridized carbons (Fsp3) is 0.167. The molecule has 1 aromatic rings. The minimum atomic E-state index is -1.50. The van der Waals surface area contributed by atoms with Crippen molar-refractivity contribution in [3.63, 3.8) is 0 Å². The normalized spacial score (nSPS) is 11.6. The molecule has 0 aliphatic rings. The SMILES string of the molecule is Clc1cccc(C(Cl)(Cl)Cl)n1. The van der Waals surface area contributed by atoms with Gasteiger partial charge in [-0.1, -0.05) is 52.5 Å². The van der Waals surface area contributed by atoms with Crippen LogP contribution in [0.2, 0.25) is 5.15 Å². The zero-order chi connectivity index (χ0) is 8.48. The Kier molecular flexibility index (Phi) is 2.87. The first-order valence-corrected chi connectivity index (χ1v) is 4.21. The van der Waals surface area contributed by atoms with Crippen molar-refractivity contribution in [3.05, 3.63) is 29.0 Å². The van der Waals surface area contributed by atoms with Gasteiger partial charge in [-0.05, 0) is 12.1 Å². The first-order valence-electron chi connectivity index (χ1n) is 2.70. The molecule has 0 spiro atoms. The lowest BCUT2D eigenvalue weighted by atomic mass is 10.4. The molecule has 0 fully saturated rings. The summed E-state index contributed by atoms with van der Waals surface area (Å²) in [6.07, 6.45) is 0. The Hall–Kier alpha value is 0.310. The van der Waals surface area contributed by atoms with Crippen molar-refractivity contribution in [1.29, 1.82) is 0 Å². The second-order valence-corrected chi connectivity index (χ2v) is 4.51. The maximum atomic E-state index is 5.56. The van der Waals surface area contributed by atoms with Crippen molar-refractivity contribution in [3.8, 4) is 0 Å². The Balaban J connectivity index is 3.06. The second-order valence-electron chi connectivity index (χ2n) is 1.84. The Morgan fingerprint density at radius 1 is 1.18 bits per heavy atom. The highest BCUT2D eigenvalue weighted by atomic mass is 35.6. The molecule has 1 heterocycles. The Labute approximate surface area is 84.2 Å². The molecule has 1 rings (SSSR count). The summed E-state index contributed by atoms with van der Waals surface area (Å²) in [6.45, 7) is 0. The van der Waals surface area contributed by atoms with Gasteiger partial charge in [-0.25, -0.2) is 4.98 Å².